The van der Waals surface area contributed by atoms with E-state index < -0.39 is 0 Å². The van der Waals surface area contributed by atoms with E-state index in [0.29, 0.717) is 28.7 Å². The average Bonchev–Trinajstić information content (AvgIpc) is 3.06. The second-order valence-electron chi connectivity index (χ2n) is 5.45. The minimum absolute atomic E-state index is 0.380. The lowest BCUT2D eigenvalue weighted by atomic mass is 10.2. The van der Waals surface area contributed by atoms with Crippen LogP contribution in [0.1, 0.15) is 12.5 Å². The predicted octanol–water partition coefficient (Wildman–Crippen LogP) is 3.91. The van der Waals surface area contributed by atoms with E-state index in [1.54, 1.807) is 25.1 Å². The quantitative estimate of drug-likeness (QED) is 0.494. The molecule has 1 aromatic heterocycles. The van der Waals surface area contributed by atoms with Crippen LogP contribution in [0.3, 0.4) is 0 Å². The predicted molar refractivity (Wildman–Crippen MR) is 107 cm³/mol. The van der Waals surface area contributed by atoms with E-state index in [-0.39, 0.29) is 0 Å². The summed E-state index contributed by atoms with van der Waals surface area (Å²) < 4.78 is 18.2. The van der Waals surface area contributed by atoms with Crippen LogP contribution in [0, 0.1) is 4.77 Å². The van der Waals surface area contributed by atoms with Crippen molar-refractivity contribution in [3.63, 3.8) is 0 Å². The lowest BCUT2D eigenvalue weighted by Gasteiger charge is -2.09. The summed E-state index contributed by atoms with van der Waals surface area (Å²) in [7, 11) is 3.18. The zero-order chi connectivity index (χ0) is 19.2. The number of rotatable bonds is 7. The van der Waals surface area contributed by atoms with Crippen molar-refractivity contribution < 1.29 is 14.2 Å². The Morgan fingerprint density at radius 2 is 2.00 bits per heavy atom. The zero-order valence-electron chi connectivity index (χ0n) is 15.3. The molecule has 27 heavy (non-hydrogen) atoms. The molecule has 0 saturated carbocycles. The van der Waals surface area contributed by atoms with Crippen molar-refractivity contribution in [1.29, 1.82) is 0 Å². The summed E-state index contributed by atoms with van der Waals surface area (Å²) in [4.78, 5) is 0. The molecule has 140 valence electrons. The zero-order valence-corrected chi connectivity index (χ0v) is 16.1. The minimum Gasteiger partial charge on any atom is -0.494 e. The topological polar surface area (TPSA) is 73.7 Å². The number of benzene rings is 2. The summed E-state index contributed by atoms with van der Waals surface area (Å²) in [5, 5.41) is 11.6. The Morgan fingerprint density at radius 3 is 2.74 bits per heavy atom. The fourth-order valence-corrected chi connectivity index (χ4v) is 2.79. The lowest BCUT2D eigenvalue weighted by Crippen LogP contribution is -1.98. The number of ether oxygens (including phenoxy) is 3. The summed E-state index contributed by atoms with van der Waals surface area (Å²) in [6.45, 7) is 2.53. The number of nitrogens with one attached hydrogen (secondary N) is 1. The monoisotopic (exact) mass is 384 g/mol. The Kier molecular flexibility index (Phi) is 5.87. The highest BCUT2D eigenvalue weighted by atomic mass is 32.1. The van der Waals surface area contributed by atoms with Gasteiger partial charge in [-0.15, -0.1) is 0 Å². The molecule has 0 aliphatic heterocycles. The van der Waals surface area contributed by atoms with Gasteiger partial charge in [-0.2, -0.15) is 14.9 Å². The van der Waals surface area contributed by atoms with Gasteiger partial charge in [-0.05, 0) is 43.4 Å². The number of methoxy groups -OCH3 is 2. The lowest BCUT2D eigenvalue weighted by molar-refractivity contribution is 0.340. The van der Waals surface area contributed by atoms with Gasteiger partial charge in [0.2, 0.25) is 4.77 Å². The second kappa shape index (κ2) is 8.50. The molecular formula is C19H20N4O3S. The average molecular weight is 384 g/mol. The number of hydrogen-bond acceptors (Lipinski definition) is 6. The molecular weight excluding hydrogens is 364 g/mol. The van der Waals surface area contributed by atoms with E-state index in [1.807, 2.05) is 49.4 Å². The first-order valence-corrected chi connectivity index (χ1v) is 8.74. The third-order valence-electron chi connectivity index (χ3n) is 3.80. The summed E-state index contributed by atoms with van der Waals surface area (Å²) in [6.07, 6.45) is 1.66. The number of aromatic amines is 1. The summed E-state index contributed by atoms with van der Waals surface area (Å²) in [5.74, 6) is 2.56. The Labute approximate surface area is 162 Å². The van der Waals surface area contributed by atoms with Crippen molar-refractivity contribution in [3.05, 3.63) is 52.8 Å². The van der Waals surface area contributed by atoms with E-state index in [4.69, 9.17) is 26.4 Å². The van der Waals surface area contributed by atoms with Crippen LogP contribution in [0.15, 0.2) is 47.6 Å². The van der Waals surface area contributed by atoms with Gasteiger partial charge in [-0.3, -0.25) is 0 Å². The Balaban J connectivity index is 2.00. The van der Waals surface area contributed by atoms with Crippen molar-refractivity contribution in [2.45, 2.75) is 6.92 Å². The fraction of sp³-hybridized carbons (Fsp3) is 0.211. The standard InChI is InChI=1S/C19H20N4O3S/c1-4-26-15-9-5-7-13(11-15)18-21-22-19(27)23(18)20-12-14-8-6-10-16(24-2)17(14)25-3/h5-12H,4H2,1-3H3,(H,22,27). The first-order chi connectivity index (χ1) is 13.2. The molecule has 0 aliphatic carbocycles. The highest BCUT2D eigenvalue weighted by Gasteiger charge is 2.11. The van der Waals surface area contributed by atoms with Crippen LogP contribution in [0.2, 0.25) is 0 Å². The smallest absolute Gasteiger partial charge is 0.216 e. The largest absolute Gasteiger partial charge is 0.494 e. The van der Waals surface area contributed by atoms with Gasteiger partial charge in [0, 0.05) is 11.1 Å². The molecule has 0 radical (unpaired) electrons. The number of para-hydroxylation sites is 1. The van der Waals surface area contributed by atoms with E-state index in [9.17, 15) is 0 Å². The second-order valence-corrected chi connectivity index (χ2v) is 5.84. The first-order valence-electron chi connectivity index (χ1n) is 8.34. The Morgan fingerprint density at radius 1 is 1.19 bits per heavy atom. The Bertz CT molecular complexity index is 1010. The van der Waals surface area contributed by atoms with Gasteiger partial charge in [0.05, 0.1) is 27.0 Å². The molecule has 0 spiro atoms. The first kappa shape index (κ1) is 18.7. The van der Waals surface area contributed by atoms with Crippen LogP contribution in [0.4, 0.5) is 0 Å². The molecule has 0 aliphatic rings. The fourth-order valence-electron chi connectivity index (χ4n) is 2.61. The number of aromatic nitrogens is 3. The van der Waals surface area contributed by atoms with E-state index in [0.717, 1.165) is 16.9 Å². The molecule has 1 heterocycles. The summed E-state index contributed by atoms with van der Waals surface area (Å²) in [5.41, 5.74) is 1.59. The molecule has 2 aromatic carbocycles. The minimum atomic E-state index is 0.380. The van der Waals surface area contributed by atoms with Crippen molar-refractivity contribution in [2.24, 2.45) is 5.10 Å². The van der Waals surface area contributed by atoms with Crippen LogP contribution < -0.4 is 14.2 Å². The number of hydrogen-bond donors (Lipinski definition) is 1. The maximum absolute atomic E-state index is 5.56. The third kappa shape index (κ3) is 4.01. The molecule has 3 rings (SSSR count). The van der Waals surface area contributed by atoms with Gasteiger partial charge in [-0.25, -0.2) is 5.10 Å². The SMILES string of the molecule is CCOc1cccc(-c2n[nH]c(=S)n2N=Cc2cccc(OC)c2OC)c1. The molecule has 3 aromatic rings. The molecule has 0 unspecified atom stereocenters. The molecule has 1 N–H and O–H groups in total. The van der Waals surface area contributed by atoms with E-state index in [1.165, 1.54) is 0 Å². The molecule has 0 saturated heterocycles. The van der Waals surface area contributed by atoms with Gasteiger partial charge < -0.3 is 14.2 Å². The molecule has 8 heteroatoms. The van der Waals surface area contributed by atoms with E-state index >= 15 is 0 Å². The van der Waals surface area contributed by atoms with Crippen molar-refractivity contribution >= 4 is 18.4 Å². The van der Waals surface area contributed by atoms with Crippen LogP contribution in [0.25, 0.3) is 11.4 Å². The summed E-state index contributed by atoms with van der Waals surface area (Å²) >= 11 is 5.33. The van der Waals surface area contributed by atoms with E-state index in [2.05, 4.69) is 15.3 Å². The van der Waals surface area contributed by atoms with Gasteiger partial charge in [0.15, 0.2) is 17.3 Å². The number of H-pyrrole nitrogens is 1. The molecule has 0 amide bonds. The van der Waals surface area contributed by atoms with Gasteiger partial charge >= 0.3 is 0 Å². The number of nitrogens with zero attached hydrogens (tertiary/aromatic N) is 3. The van der Waals surface area contributed by atoms with Crippen molar-refractivity contribution in [3.8, 4) is 28.6 Å². The van der Waals surface area contributed by atoms with Crippen molar-refractivity contribution in [1.82, 2.24) is 14.9 Å². The van der Waals surface area contributed by atoms with Gasteiger partial charge in [-0.1, -0.05) is 18.2 Å². The summed E-state index contributed by atoms with van der Waals surface area (Å²) in [6, 6.07) is 13.2. The van der Waals surface area contributed by atoms with Crippen molar-refractivity contribution in [2.75, 3.05) is 20.8 Å². The van der Waals surface area contributed by atoms with Crippen LogP contribution >= 0.6 is 12.2 Å². The van der Waals surface area contributed by atoms with Crippen LogP contribution in [-0.2, 0) is 0 Å². The van der Waals surface area contributed by atoms with Gasteiger partial charge in [0.1, 0.15) is 5.75 Å². The maximum atomic E-state index is 5.56. The maximum Gasteiger partial charge on any atom is 0.216 e. The Hall–Kier alpha value is -3.13. The normalized spacial score (nSPS) is 10.9. The third-order valence-corrected chi connectivity index (χ3v) is 4.06. The van der Waals surface area contributed by atoms with Crippen LogP contribution in [-0.4, -0.2) is 41.9 Å². The highest BCUT2D eigenvalue weighted by molar-refractivity contribution is 7.71. The molecule has 0 atom stereocenters. The molecule has 7 nitrogen and oxygen atoms in total. The highest BCUT2D eigenvalue weighted by Crippen LogP contribution is 2.29. The van der Waals surface area contributed by atoms with Gasteiger partial charge in [0.25, 0.3) is 0 Å². The molecule has 0 fully saturated rings. The molecule has 0 bridgehead atoms. The van der Waals surface area contributed by atoms with Crippen LogP contribution in [0.5, 0.6) is 17.2 Å².